The maximum absolute atomic E-state index is 13.8. The summed E-state index contributed by atoms with van der Waals surface area (Å²) in [4.78, 5) is 55.5. The molecule has 2 aliphatic heterocycles. The second kappa shape index (κ2) is 8.03. The fourth-order valence-corrected chi connectivity index (χ4v) is 10.1. The van der Waals surface area contributed by atoms with E-state index >= 15 is 0 Å². The van der Waals surface area contributed by atoms with Crippen molar-refractivity contribution >= 4 is 46.3 Å². The number of anilines is 1. The Bertz CT molecular complexity index is 1510. The smallest absolute Gasteiger partial charge is 0.305 e. The number of benzene rings is 2. The maximum atomic E-state index is 13.8. The van der Waals surface area contributed by atoms with Crippen LogP contribution in [0.4, 0.5) is 11.4 Å². The number of carbonyl (C=O) groups is 2. The highest BCUT2D eigenvalue weighted by atomic mass is 32.2. The zero-order valence-electron chi connectivity index (χ0n) is 19.5. The number of non-ortho nitro benzene ring substituents is 1. The van der Waals surface area contributed by atoms with Crippen molar-refractivity contribution < 1.29 is 19.2 Å². The molecule has 0 radical (unpaired) electrons. The molecule has 7 atom stereocenters. The summed E-state index contributed by atoms with van der Waals surface area (Å²) >= 11 is 2.87. The van der Waals surface area contributed by atoms with Gasteiger partial charge in [0.15, 0.2) is 0 Å². The van der Waals surface area contributed by atoms with E-state index < -0.39 is 16.8 Å². The predicted molar refractivity (Wildman–Crippen MR) is 137 cm³/mol. The van der Waals surface area contributed by atoms with Gasteiger partial charge in [0, 0.05) is 28.2 Å². The van der Waals surface area contributed by atoms with E-state index in [-0.39, 0.29) is 51.3 Å². The zero-order valence-corrected chi connectivity index (χ0v) is 21.2. The molecule has 0 spiro atoms. The standard InChI is InChI=1S/C26H21N3O6S2/c1-35-14-8-2-11(3-9-14)17-18-15-10-16(21(18)36-23-22(17)37-26(32)27-23)20-19(15)24(30)28(25(20)31)12-4-6-13(7-5-12)29(33)34/h2-9,15-21H,10H2,1H3,(H,27,32)/t15-,16-,17?,18?,19?,20?,21?/m1/s1. The summed E-state index contributed by atoms with van der Waals surface area (Å²) < 4.78 is 5.34. The number of nitro groups is 1. The number of ether oxygens (including phenoxy) is 1. The molecule has 37 heavy (non-hydrogen) atoms. The quantitative estimate of drug-likeness (QED) is 0.304. The van der Waals surface area contributed by atoms with Crippen LogP contribution < -0.4 is 14.5 Å². The third-order valence-electron chi connectivity index (χ3n) is 8.52. The molecule has 2 saturated carbocycles. The topological polar surface area (TPSA) is 123 Å². The van der Waals surface area contributed by atoms with E-state index in [9.17, 15) is 24.5 Å². The lowest BCUT2D eigenvalue weighted by Gasteiger charge is -2.43. The van der Waals surface area contributed by atoms with E-state index in [1.807, 2.05) is 24.3 Å². The lowest BCUT2D eigenvalue weighted by Crippen LogP contribution is -2.42. The van der Waals surface area contributed by atoms with Crippen molar-refractivity contribution in [3.63, 3.8) is 0 Å². The van der Waals surface area contributed by atoms with Crippen LogP contribution in [0.15, 0.2) is 58.4 Å². The van der Waals surface area contributed by atoms with E-state index in [1.54, 1.807) is 18.9 Å². The molecule has 2 bridgehead atoms. The van der Waals surface area contributed by atoms with Gasteiger partial charge < -0.3 is 9.72 Å². The number of rotatable bonds is 4. The van der Waals surface area contributed by atoms with Gasteiger partial charge >= 0.3 is 4.87 Å². The van der Waals surface area contributed by atoms with Crippen LogP contribution in [0.5, 0.6) is 5.75 Å². The van der Waals surface area contributed by atoms with Crippen molar-refractivity contribution in [3.8, 4) is 5.75 Å². The first-order valence-electron chi connectivity index (χ1n) is 12.0. The molecule has 1 aromatic heterocycles. The van der Waals surface area contributed by atoms with Gasteiger partial charge in [-0.05, 0) is 54.0 Å². The molecule has 188 valence electrons. The van der Waals surface area contributed by atoms with Crippen LogP contribution in [-0.2, 0) is 9.59 Å². The van der Waals surface area contributed by atoms with Crippen LogP contribution in [0.3, 0.4) is 0 Å². The fraction of sp³-hybridized carbons (Fsp3) is 0.346. The number of thiazole rings is 1. The molecular weight excluding hydrogens is 514 g/mol. The molecule has 2 aliphatic carbocycles. The Morgan fingerprint density at radius 1 is 1.00 bits per heavy atom. The summed E-state index contributed by atoms with van der Waals surface area (Å²) in [6.07, 6.45) is 0.801. The number of methoxy groups -OCH3 is 1. The monoisotopic (exact) mass is 535 g/mol. The Morgan fingerprint density at radius 3 is 2.32 bits per heavy atom. The third kappa shape index (κ3) is 3.13. The van der Waals surface area contributed by atoms with Crippen LogP contribution in [0.2, 0.25) is 0 Å². The van der Waals surface area contributed by atoms with E-state index in [2.05, 4.69) is 4.98 Å². The minimum atomic E-state index is -0.503. The highest BCUT2D eigenvalue weighted by Gasteiger charge is 2.69. The zero-order chi connectivity index (χ0) is 25.6. The van der Waals surface area contributed by atoms with Crippen LogP contribution in [0.1, 0.15) is 22.8 Å². The minimum Gasteiger partial charge on any atom is -0.497 e. The van der Waals surface area contributed by atoms with Crippen molar-refractivity contribution in [2.45, 2.75) is 22.6 Å². The van der Waals surface area contributed by atoms with Gasteiger partial charge in [0.05, 0.1) is 34.6 Å². The van der Waals surface area contributed by atoms with Crippen molar-refractivity contribution in [3.05, 3.63) is 78.8 Å². The van der Waals surface area contributed by atoms with E-state index in [1.165, 1.54) is 40.5 Å². The average molecular weight is 536 g/mol. The molecule has 9 nitrogen and oxygen atoms in total. The number of imide groups is 1. The summed E-state index contributed by atoms with van der Waals surface area (Å²) in [7, 11) is 1.62. The highest BCUT2D eigenvalue weighted by molar-refractivity contribution is 8.00. The minimum absolute atomic E-state index is 0.00412. The van der Waals surface area contributed by atoms with Gasteiger partial charge in [-0.2, -0.15) is 0 Å². The van der Waals surface area contributed by atoms with Crippen LogP contribution in [0.25, 0.3) is 0 Å². The second-order valence-electron chi connectivity index (χ2n) is 10.0. The number of amides is 2. The molecule has 3 aromatic rings. The first-order valence-corrected chi connectivity index (χ1v) is 13.7. The molecule has 11 heteroatoms. The number of aromatic nitrogens is 1. The molecule has 1 N–H and O–H groups in total. The SMILES string of the molecule is COc1ccc(C2c3sc(=O)[nH]c3SC3C2[C@H]2C[C@@H]3C3C(=O)N(c4ccc([N+](=O)[O-])cc4)C(=O)C32)cc1. The van der Waals surface area contributed by atoms with Gasteiger partial charge in [0.2, 0.25) is 11.8 Å². The molecule has 3 fully saturated rings. The summed E-state index contributed by atoms with van der Waals surface area (Å²) in [5.41, 5.74) is 1.36. The number of fused-ring (bicyclic) bond motifs is 9. The Labute approximate surface area is 219 Å². The highest BCUT2D eigenvalue weighted by Crippen LogP contribution is 2.68. The number of thioether (sulfide) groups is 1. The maximum Gasteiger partial charge on any atom is 0.305 e. The Balaban J connectivity index is 1.28. The number of aromatic amines is 1. The lowest BCUT2D eigenvalue weighted by atomic mass is 9.68. The van der Waals surface area contributed by atoms with Gasteiger partial charge in [-0.15, -0.1) is 11.8 Å². The fourth-order valence-electron chi connectivity index (χ4n) is 7.18. The molecule has 2 aromatic carbocycles. The van der Waals surface area contributed by atoms with Gasteiger partial charge in [0.1, 0.15) is 5.75 Å². The molecule has 5 unspecified atom stereocenters. The number of nitrogens with zero attached hydrogens (tertiary/aromatic N) is 2. The van der Waals surface area contributed by atoms with E-state index in [0.717, 1.165) is 27.6 Å². The molecule has 7 rings (SSSR count). The number of nitrogens with one attached hydrogen (secondary N) is 1. The van der Waals surface area contributed by atoms with Crippen molar-refractivity contribution in [1.82, 2.24) is 4.98 Å². The molecule has 2 amide bonds. The first-order chi connectivity index (χ1) is 17.9. The normalized spacial score (nSPS) is 31.3. The number of nitro benzene ring substituents is 1. The third-order valence-corrected chi connectivity index (χ3v) is 11.1. The first kappa shape index (κ1) is 22.7. The Morgan fingerprint density at radius 2 is 1.68 bits per heavy atom. The van der Waals surface area contributed by atoms with Crippen LogP contribution >= 0.6 is 23.1 Å². The lowest BCUT2D eigenvalue weighted by molar-refractivity contribution is -0.384. The van der Waals surface area contributed by atoms with Crippen molar-refractivity contribution in [2.24, 2.45) is 29.6 Å². The second-order valence-corrected chi connectivity index (χ2v) is 12.2. The van der Waals surface area contributed by atoms with Crippen molar-refractivity contribution in [2.75, 3.05) is 12.0 Å². The molecular formula is C26H21N3O6S2. The number of hydrogen-bond donors (Lipinski definition) is 1. The number of H-pyrrole nitrogens is 1. The average Bonchev–Trinajstić information content (AvgIpc) is 3.63. The van der Waals surface area contributed by atoms with E-state index in [0.29, 0.717) is 5.69 Å². The Kier molecular flexibility index (Phi) is 4.93. The predicted octanol–water partition coefficient (Wildman–Crippen LogP) is 4.03. The van der Waals surface area contributed by atoms with Crippen LogP contribution in [-0.4, -0.2) is 34.1 Å². The van der Waals surface area contributed by atoms with Gasteiger partial charge in [-0.3, -0.25) is 29.4 Å². The summed E-state index contributed by atoms with van der Waals surface area (Å²) in [5.74, 6) is -0.456. The summed E-state index contributed by atoms with van der Waals surface area (Å²) in [6, 6.07) is 13.5. The molecule has 3 heterocycles. The van der Waals surface area contributed by atoms with E-state index in [4.69, 9.17) is 4.74 Å². The van der Waals surface area contributed by atoms with Gasteiger partial charge in [0.25, 0.3) is 5.69 Å². The summed E-state index contributed by atoms with van der Waals surface area (Å²) in [5, 5.41) is 12.0. The molecule has 1 saturated heterocycles. The number of carbonyl (C=O) groups excluding carboxylic acids is 2. The van der Waals surface area contributed by atoms with Crippen LogP contribution in [0, 0.1) is 39.7 Å². The van der Waals surface area contributed by atoms with Crippen molar-refractivity contribution in [1.29, 1.82) is 0 Å². The number of hydrogen-bond acceptors (Lipinski definition) is 8. The largest absolute Gasteiger partial charge is 0.497 e. The summed E-state index contributed by atoms with van der Waals surface area (Å²) in [6.45, 7) is 0. The Hall–Kier alpha value is -3.44. The molecule has 4 aliphatic rings. The van der Waals surface area contributed by atoms with Gasteiger partial charge in [-0.25, -0.2) is 0 Å². The van der Waals surface area contributed by atoms with Gasteiger partial charge in [-0.1, -0.05) is 23.5 Å².